The summed E-state index contributed by atoms with van der Waals surface area (Å²) in [5.74, 6) is 0. The Labute approximate surface area is 102 Å². The highest BCUT2D eigenvalue weighted by Gasteiger charge is 2.18. The molecule has 0 aliphatic carbocycles. The van der Waals surface area contributed by atoms with Crippen LogP contribution in [0.3, 0.4) is 0 Å². The minimum atomic E-state index is -0.437. The molecule has 0 fully saturated rings. The van der Waals surface area contributed by atoms with Crippen LogP contribution in [0.25, 0.3) is 10.9 Å². The van der Waals surface area contributed by atoms with Crippen molar-refractivity contribution >= 4 is 10.9 Å². The van der Waals surface area contributed by atoms with Crippen molar-refractivity contribution in [1.29, 1.82) is 0 Å². The maximum Gasteiger partial charge on any atom is 0.231 e. The predicted octanol–water partition coefficient (Wildman–Crippen LogP) is 2.03. The fourth-order valence-electron chi connectivity index (χ4n) is 2.12. The summed E-state index contributed by atoms with van der Waals surface area (Å²) >= 11 is 0. The smallest absolute Gasteiger partial charge is 0.231 e. The van der Waals surface area contributed by atoms with E-state index in [1.54, 1.807) is 25.1 Å². The quantitative estimate of drug-likeness (QED) is 0.661. The molecule has 0 aliphatic heterocycles. The van der Waals surface area contributed by atoms with Crippen LogP contribution < -0.4 is 0 Å². The first-order valence-corrected chi connectivity index (χ1v) is 5.31. The maximum absolute atomic E-state index is 10.7. The molecule has 1 aromatic carbocycles. The molecular formula is C11H11N3O4. The first kappa shape index (κ1) is 12.0. The van der Waals surface area contributed by atoms with E-state index in [4.69, 9.17) is 0 Å². The number of aromatic amines is 1. The van der Waals surface area contributed by atoms with Gasteiger partial charge >= 0.3 is 0 Å². The Morgan fingerprint density at radius 3 is 2.44 bits per heavy atom. The summed E-state index contributed by atoms with van der Waals surface area (Å²) in [6, 6.07) is 5.09. The number of hydrogen-bond donors (Lipinski definition) is 1. The zero-order chi connectivity index (χ0) is 13.3. The van der Waals surface area contributed by atoms with Crippen molar-refractivity contribution in [2.45, 2.75) is 20.0 Å². The van der Waals surface area contributed by atoms with E-state index in [0.717, 1.165) is 0 Å². The van der Waals surface area contributed by atoms with Gasteiger partial charge in [-0.25, -0.2) is 0 Å². The highest BCUT2D eigenvalue weighted by Crippen LogP contribution is 2.26. The van der Waals surface area contributed by atoms with Crippen molar-refractivity contribution in [3.63, 3.8) is 0 Å². The minimum absolute atomic E-state index is 0.333. The molecule has 0 atom stereocenters. The molecule has 18 heavy (non-hydrogen) atoms. The van der Waals surface area contributed by atoms with Crippen molar-refractivity contribution in [3.05, 3.63) is 55.2 Å². The highest BCUT2D eigenvalue weighted by atomic mass is 16.6. The van der Waals surface area contributed by atoms with Crippen LogP contribution in [0.15, 0.2) is 18.2 Å². The van der Waals surface area contributed by atoms with Gasteiger partial charge in [-0.1, -0.05) is 12.1 Å². The molecule has 1 heterocycles. The van der Waals surface area contributed by atoms with E-state index in [1.165, 1.54) is 0 Å². The van der Waals surface area contributed by atoms with Gasteiger partial charge in [0.15, 0.2) is 0 Å². The lowest BCUT2D eigenvalue weighted by molar-refractivity contribution is -0.497. The first-order valence-electron chi connectivity index (χ1n) is 5.31. The van der Waals surface area contributed by atoms with Crippen LogP contribution in [0.4, 0.5) is 0 Å². The zero-order valence-corrected chi connectivity index (χ0v) is 9.67. The first-order chi connectivity index (χ1) is 8.49. The molecule has 0 spiro atoms. The molecule has 0 amide bonds. The molecule has 94 valence electrons. The van der Waals surface area contributed by atoms with Gasteiger partial charge < -0.3 is 4.98 Å². The molecule has 0 saturated carbocycles. The van der Waals surface area contributed by atoms with Gasteiger partial charge in [0.1, 0.15) is 0 Å². The lowest BCUT2D eigenvalue weighted by Gasteiger charge is -2.00. The summed E-state index contributed by atoms with van der Waals surface area (Å²) < 4.78 is 0. The van der Waals surface area contributed by atoms with Crippen LogP contribution in [0.1, 0.15) is 16.8 Å². The van der Waals surface area contributed by atoms with E-state index in [9.17, 15) is 20.2 Å². The molecule has 2 rings (SSSR count). The highest BCUT2D eigenvalue weighted by molar-refractivity contribution is 5.87. The normalized spacial score (nSPS) is 10.7. The number of nitrogens with zero attached hydrogens (tertiary/aromatic N) is 2. The van der Waals surface area contributed by atoms with E-state index >= 15 is 0 Å². The van der Waals surface area contributed by atoms with E-state index < -0.39 is 9.85 Å². The number of nitrogens with one attached hydrogen (secondary N) is 1. The number of rotatable bonds is 4. The van der Waals surface area contributed by atoms with E-state index in [-0.39, 0.29) is 13.1 Å². The molecule has 7 heteroatoms. The van der Waals surface area contributed by atoms with Crippen LogP contribution >= 0.6 is 0 Å². The summed E-state index contributed by atoms with van der Waals surface area (Å²) in [6.07, 6.45) is 0. The van der Waals surface area contributed by atoms with Gasteiger partial charge in [0.05, 0.1) is 5.56 Å². The van der Waals surface area contributed by atoms with Crippen molar-refractivity contribution in [2.24, 2.45) is 0 Å². The Balaban J connectivity index is 2.64. The van der Waals surface area contributed by atoms with Crippen molar-refractivity contribution in [1.82, 2.24) is 4.98 Å². The molecule has 0 unspecified atom stereocenters. The second-order valence-electron chi connectivity index (χ2n) is 4.05. The number of hydrogen-bond acceptors (Lipinski definition) is 4. The van der Waals surface area contributed by atoms with E-state index in [2.05, 4.69) is 4.98 Å². The average molecular weight is 249 g/mol. The van der Waals surface area contributed by atoms with Crippen molar-refractivity contribution < 1.29 is 9.85 Å². The minimum Gasteiger partial charge on any atom is -0.358 e. The molecule has 0 bridgehead atoms. The Morgan fingerprint density at radius 1 is 1.17 bits per heavy atom. The number of aromatic nitrogens is 1. The maximum atomic E-state index is 10.7. The third-order valence-electron chi connectivity index (χ3n) is 2.81. The molecule has 7 nitrogen and oxygen atoms in total. The second-order valence-corrected chi connectivity index (χ2v) is 4.05. The molecule has 2 aromatic rings. The largest absolute Gasteiger partial charge is 0.358 e. The van der Waals surface area contributed by atoms with Crippen LogP contribution in [-0.4, -0.2) is 14.8 Å². The molecular weight excluding hydrogens is 238 g/mol. The Kier molecular flexibility index (Phi) is 2.97. The lowest BCUT2D eigenvalue weighted by Crippen LogP contribution is -2.02. The summed E-state index contributed by atoms with van der Waals surface area (Å²) in [5.41, 5.74) is 2.40. The summed E-state index contributed by atoms with van der Waals surface area (Å²) in [6.45, 7) is 1.06. The molecule has 0 saturated heterocycles. The van der Waals surface area contributed by atoms with E-state index in [1.807, 2.05) is 0 Å². The van der Waals surface area contributed by atoms with Crippen LogP contribution in [-0.2, 0) is 13.1 Å². The van der Waals surface area contributed by atoms with Gasteiger partial charge in [-0.05, 0) is 13.0 Å². The lowest BCUT2D eigenvalue weighted by atomic mass is 10.0. The van der Waals surface area contributed by atoms with Crippen LogP contribution in [0, 0.1) is 27.2 Å². The summed E-state index contributed by atoms with van der Waals surface area (Å²) in [4.78, 5) is 23.4. The molecule has 0 radical (unpaired) electrons. The SMILES string of the molecule is Cc1[nH]c2cccc(C[N+](=O)[O-])c2c1C[N+](=O)[O-]. The third-order valence-corrected chi connectivity index (χ3v) is 2.81. The number of nitro groups is 2. The number of H-pyrrole nitrogens is 1. The number of fused-ring (bicyclic) bond motifs is 1. The fraction of sp³-hybridized carbons (Fsp3) is 0.273. The van der Waals surface area contributed by atoms with Gasteiger partial charge in [-0.15, -0.1) is 0 Å². The zero-order valence-electron chi connectivity index (χ0n) is 9.67. The second kappa shape index (κ2) is 4.44. The monoisotopic (exact) mass is 249 g/mol. The molecule has 0 aliphatic rings. The number of aryl methyl sites for hydroxylation is 1. The summed E-state index contributed by atoms with van der Waals surface area (Å²) in [7, 11) is 0. The average Bonchev–Trinajstić information content (AvgIpc) is 2.55. The van der Waals surface area contributed by atoms with Crippen LogP contribution in [0.5, 0.6) is 0 Å². The predicted molar refractivity (Wildman–Crippen MR) is 64.4 cm³/mol. The van der Waals surface area contributed by atoms with Crippen LogP contribution in [0.2, 0.25) is 0 Å². The van der Waals surface area contributed by atoms with Gasteiger partial charge in [-0.2, -0.15) is 0 Å². The van der Waals surface area contributed by atoms with Gasteiger partial charge in [0.25, 0.3) is 0 Å². The van der Waals surface area contributed by atoms with Gasteiger partial charge in [0, 0.05) is 32.0 Å². The Hall–Kier alpha value is -2.44. The summed E-state index contributed by atoms with van der Waals surface area (Å²) in [5, 5.41) is 21.9. The molecule has 1 N–H and O–H groups in total. The third kappa shape index (κ3) is 2.15. The molecule has 1 aromatic heterocycles. The van der Waals surface area contributed by atoms with E-state index in [0.29, 0.717) is 27.7 Å². The van der Waals surface area contributed by atoms with Crippen molar-refractivity contribution in [3.8, 4) is 0 Å². The fourth-order valence-corrected chi connectivity index (χ4v) is 2.12. The number of benzene rings is 1. The van der Waals surface area contributed by atoms with Gasteiger partial charge in [-0.3, -0.25) is 20.2 Å². The standard InChI is InChI=1S/C11H11N3O4/c1-7-9(6-14(17)18)11-8(5-13(15)16)3-2-4-10(11)12-7/h2-4,12H,5-6H2,1H3. The van der Waals surface area contributed by atoms with Gasteiger partial charge in [0.2, 0.25) is 13.1 Å². The Morgan fingerprint density at radius 2 is 1.83 bits per heavy atom. The Bertz CT molecular complexity index is 632. The van der Waals surface area contributed by atoms with Crippen molar-refractivity contribution in [2.75, 3.05) is 0 Å². The topological polar surface area (TPSA) is 102 Å².